The summed E-state index contributed by atoms with van der Waals surface area (Å²) in [6.07, 6.45) is -4.65. The first-order valence-electron chi connectivity index (χ1n) is 8.56. The van der Waals surface area contributed by atoms with Gasteiger partial charge in [0.05, 0.1) is 16.4 Å². The molecular weight excluding hydrogens is 391 g/mol. The van der Waals surface area contributed by atoms with Crippen molar-refractivity contribution in [3.05, 3.63) is 34.5 Å². The van der Waals surface area contributed by atoms with E-state index in [1.807, 2.05) is 13.8 Å². The zero-order chi connectivity index (χ0) is 20.2. The maximum Gasteiger partial charge on any atom is 0.389 e. The second kappa shape index (κ2) is 8.91. The third-order valence-electron chi connectivity index (χ3n) is 4.04. The standard InChI is InChI=1S/C18H20ClF5N2O/c1-3-13-15(19)16(26(4-2)25-13)12-8-7-11(6-5-9-18(22,23)24)10-14(12)27-17(20)21/h7-8,10,17H,3-6,9H2,1-2H3. The second-order valence-corrected chi connectivity index (χ2v) is 6.33. The van der Waals surface area contributed by atoms with Crippen LogP contribution < -0.4 is 4.74 Å². The summed E-state index contributed by atoms with van der Waals surface area (Å²) in [6, 6.07) is 4.47. The Hall–Kier alpha value is -1.83. The minimum absolute atomic E-state index is 0.0976. The van der Waals surface area contributed by atoms with Crippen LogP contribution in [0.15, 0.2) is 18.2 Å². The molecule has 0 bridgehead atoms. The van der Waals surface area contributed by atoms with Crippen LogP contribution in [0.5, 0.6) is 5.75 Å². The fourth-order valence-electron chi connectivity index (χ4n) is 2.81. The van der Waals surface area contributed by atoms with Crippen LogP contribution in [0.2, 0.25) is 5.02 Å². The molecule has 0 fully saturated rings. The van der Waals surface area contributed by atoms with E-state index >= 15 is 0 Å². The van der Waals surface area contributed by atoms with Crippen LogP contribution in [-0.4, -0.2) is 22.6 Å². The maximum atomic E-state index is 12.9. The van der Waals surface area contributed by atoms with E-state index in [1.54, 1.807) is 10.7 Å². The lowest BCUT2D eigenvalue weighted by atomic mass is 10.0. The molecule has 9 heteroatoms. The molecule has 27 heavy (non-hydrogen) atoms. The average Bonchev–Trinajstić information content (AvgIpc) is 2.89. The van der Waals surface area contributed by atoms with E-state index in [2.05, 4.69) is 9.84 Å². The molecule has 0 amide bonds. The normalized spacial score (nSPS) is 12.0. The Kier molecular flexibility index (Phi) is 7.08. The highest BCUT2D eigenvalue weighted by atomic mass is 35.5. The summed E-state index contributed by atoms with van der Waals surface area (Å²) >= 11 is 6.37. The second-order valence-electron chi connectivity index (χ2n) is 5.96. The highest BCUT2D eigenvalue weighted by Gasteiger charge is 2.26. The molecular formula is C18H20ClF5N2O. The Labute approximate surface area is 159 Å². The molecule has 0 unspecified atom stereocenters. The van der Waals surface area contributed by atoms with Crippen LogP contribution in [0.4, 0.5) is 22.0 Å². The molecule has 3 nitrogen and oxygen atoms in total. The third-order valence-corrected chi connectivity index (χ3v) is 4.44. The lowest BCUT2D eigenvalue weighted by Gasteiger charge is -2.14. The third kappa shape index (κ3) is 5.57. The maximum absolute atomic E-state index is 12.9. The van der Waals surface area contributed by atoms with E-state index in [-0.39, 0.29) is 18.6 Å². The monoisotopic (exact) mass is 410 g/mol. The van der Waals surface area contributed by atoms with Gasteiger partial charge in [0.1, 0.15) is 5.75 Å². The summed E-state index contributed by atoms with van der Waals surface area (Å²) in [7, 11) is 0. The molecule has 0 atom stereocenters. The minimum Gasteiger partial charge on any atom is -0.434 e. The fraction of sp³-hybridized carbons (Fsp3) is 0.500. The molecule has 1 aromatic carbocycles. The molecule has 0 N–H and O–H groups in total. The molecule has 2 rings (SSSR count). The number of aryl methyl sites for hydroxylation is 3. The van der Waals surface area contributed by atoms with Crippen molar-refractivity contribution in [2.24, 2.45) is 0 Å². The first-order valence-corrected chi connectivity index (χ1v) is 8.94. The lowest BCUT2D eigenvalue weighted by Crippen LogP contribution is -2.08. The predicted molar refractivity (Wildman–Crippen MR) is 93.4 cm³/mol. The Morgan fingerprint density at radius 1 is 1.22 bits per heavy atom. The quantitative estimate of drug-likeness (QED) is 0.479. The largest absolute Gasteiger partial charge is 0.434 e. The van der Waals surface area contributed by atoms with Gasteiger partial charge in [-0.3, -0.25) is 4.68 Å². The van der Waals surface area contributed by atoms with Gasteiger partial charge in [-0.05, 0) is 43.9 Å². The summed E-state index contributed by atoms with van der Waals surface area (Å²) in [5, 5.41) is 4.71. The molecule has 150 valence electrons. The Balaban J connectivity index is 2.40. The average molecular weight is 411 g/mol. The van der Waals surface area contributed by atoms with Crippen molar-refractivity contribution in [3.8, 4) is 17.0 Å². The van der Waals surface area contributed by atoms with Gasteiger partial charge in [-0.25, -0.2) is 0 Å². The Morgan fingerprint density at radius 2 is 1.93 bits per heavy atom. The fourth-order valence-corrected chi connectivity index (χ4v) is 3.18. The highest BCUT2D eigenvalue weighted by Crippen LogP contribution is 2.38. The van der Waals surface area contributed by atoms with Crippen molar-refractivity contribution in [1.82, 2.24) is 9.78 Å². The number of nitrogens with zero attached hydrogens (tertiary/aromatic N) is 2. The van der Waals surface area contributed by atoms with Crippen molar-refractivity contribution in [2.45, 2.75) is 58.9 Å². The number of benzene rings is 1. The number of ether oxygens (including phenoxy) is 1. The number of aromatic nitrogens is 2. The first kappa shape index (κ1) is 21.5. The summed E-state index contributed by atoms with van der Waals surface area (Å²) < 4.78 is 68.9. The van der Waals surface area contributed by atoms with Crippen molar-refractivity contribution in [1.29, 1.82) is 0 Å². The molecule has 1 heterocycles. The number of halogens is 6. The van der Waals surface area contributed by atoms with Crippen molar-refractivity contribution in [3.63, 3.8) is 0 Å². The van der Waals surface area contributed by atoms with Crippen molar-refractivity contribution < 1.29 is 26.7 Å². The number of alkyl halides is 5. The zero-order valence-corrected chi connectivity index (χ0v) is 15.7. The van der Waals surface area contributed by atoms with Crippen LogP contribution in [0, 0.1) is 0 Å². The van der Waals surface area contributed by atoms with E-state index < -0.39 is 19.2 Å². The van der Waals surface area contributed by atoms with Crippen LogP contribution in [0.1, 0.15) is 37.9 Å². The van der Waals surface area contributed by atoms with Gasteiger partial charge < -0.3 is 4.74 Å². The van der Waals surface area contributed by atoms with Gasteiger partial charge in [0.25, 0.3) is 0 Å². The Morgan fingerprint density at radius 3 is 2.48 bits per heavy atom. The molecule has 0 spiro atoms. The molecule has 2 aromatic rings. The van der Waals surface area contributed by atoms with E-state index in [4.69, 9.17) is 11.6 Å². The molecule has 0 saturated heterocycles. The predicted octanol–water partition coefficient (Wildman–Crippen LogP) is 6.27. The van der Waals surface area contributed by atoms with Gasteiger partial charge >= 0.3 is 12.8 Å². The summed E-state index contributed by atoms with van der Waals surface area (Å²) in [4.78, 5) is 0. The smallest absolute Gasteiger partial charge is 0.389 e. The van der Waals surface area contributed by atoms with Crippen LogP contribution in [0.3, 0.4) is 0 Å². The summed E-state index contributed by atoms with van der Waals surface area (Å²) in [6.45, 7) is 1.11. The lowest BCUT2D eigenvalue weighted by molar-refractivity contribution is -0.135. The van der Waals surface area contributed by atoms with Gasteiger partial charge in [-0.15, -0.1) is 0 Å². The number of hydrogen-bond acceptors (Lipinski definition) is 2. The van der Waals surface area contributed by atoms with E-state index in [9.17, 15) is 22.0 Å². The number of hydrogen-bond donors (Lipinski definition) is 0. The van der Waals surface area contributed by atoms with Gasteiger partial charge in [-0.1, -0.05) is 24.6 Å². The van der Waals surface area contributed by atoms with E-state index in [0.29, 0.717) is 40.5 Å². The molecule has 0 saturated carbocycles. The van der Waals surface area contributed by atoms with Gasteiger partial charge in [-0.2, -0.15) is 27.1 Å². The summed E-state index contributed by atoms with van der Waals surface area (Å²) in [5.41, 5.74) is 1.89. The van der Waals surface area contributed by atoms with Crippen LogP contribution in [0.25, 0.3) is 11.3 Å². The van der Waals surface area contributed by atoms with Gasteiger partial charge in [0, 0.05) is 18.5 Å². The zero-order valence-electron chi connectivity index (χ0n) is 14.9. The SMILES string of the molecule is CCc1nn(CC)c(-c2ccc(CCCC(F)(F)F)cc2OC(F)F)c1Cl. The summed E-state index contributed by atoms with van der Waals surface area (Å²) in [5.74, 6) is -0.131. The molecule has 0 aliphatic rings. The topological polar surface area (TPSA) is 27.1 Å². The van der Waals surface area contributed by atoms with Gasteiger partial charge in [0.15, 0.2) is 0 Å². The van der Waals surface area contributed by atoms with Crippen LogP contribution >= 0.6 is 11.6 Å². The van der Waals surface area contributed by atoms with Crippen LogP contribution in [-0.2, 0) is 19.4 Å². The van der Waals surface area contributed by atoms with Gasteiger partial charge in [0.2, 0.25) is 0 Å². The van der Waals surface area contributed by atoms with E-state index in [1.165, 1.54) is 12.1 Å². The first-order chi connectivity index (χ1) is 12.7. The molecule has 0 aliphatic heterocycles. The molecule has 0 radical (unpaired) electrons. The highest BCUT2D eigenvalue weighted by molar-refractivity contribution is 6.33. The van der Waals surface area contributed by atoms with Crippen molar-refractivity contribution >= 4 is 11.6 Å². The van der Waals surface area contributed by atoms with E-state index in [0.717, 1.165) is 0 Å². The Bertz CT molecular complexity index is 774. The minimum atomic E-state index is -4.25. The molecule has 0 aliphatic carbocycles. The number of rotatable bonds is 8. The van der Waals surface area contributed by atoms with Crippen molar-refractivity contribution in [2.75, 3.05) is 0 Å². The molecule has 1 aromatic heterocycles.